The molecule has 4 rings (SSSR count). The Labute approximate surface area is 166 Å². The maximum atomic E-state index is 12.5. The molecule has 1 saturated heterocycles. The quantitative estimate of drug-likeness (QED) is 0.776. The average Bonchev–Trinajstić information content (AvgIpc) is 3.25. The molecule has 1 amide bonds. The van der Waals surface area contributed by atoms with Crippen LogP contribution in [-0.4, -0.2) is 52.7 Å². The number of rotatable bonds is 7. The number of benzene rings is 1. The number of aliphatic hydroxyl groups excluding tert-OH is 1. The van der Waals surface area contributed by atoms with Crippen molar-refractivity contribution in [1.82, 2.24) is 15.2 Å². The van der Waals surface area contributed by atoms with Crippen LogP contribution in [0.4, 0.5) is 0 Å². The zero-order valence-electron chi connectivity index (χ0n) is 16.2. The molecule has 1 saturated carbocycles. The standard InChI is InChI=1S/C23H29N3O2/c27-16-21-22(18-9-2-1-3-10-18)20(26(21)15-17-7-4-5-8-17)14-25-23(28)19-11-6-12-24-13-19/h1-3,6,9-13,17,20-22,27H,4-5,7-8,14-16H2,(H,25,28)/t20-,21-,22+/m1/s1. The van der Waals surface area contributed by atoms with Gasteiger partial charge in [-0.3, -0.25) is 14.7 Å². The highest BCUT2D eigenvalue weighted by Crippen LogP contribution is 2.42. The summed E-state index contributed by atoms with van der Waals surface area (Å²) in [6.45, 7) is 1.75. The van der Waals surface area contributed by atoms with Gasteiger partial charge in [0.2, 0.25) is 0 Å². The minimum absolute atomic E-state index is 0.0897. The van der Waals surface area contributed by atoms with E-state index >= 15 is 0 Å². The molecular weight excluding hydrogens is 350 g/mol. The summed E-state index contributed by atoms with van der Waals surface area (Å²) in [7, 11) is 0. The van der Waals surface area contributed by atoms with E-state index in [4.69, 9.17) is 0 Å². The monoisotopic (exact) mass is 379 g/mol. The van der Waals surface area contributed by atoms with E-state index in [1.807, 2.05) is 6.07 Å². The summed E-state index contributed by atoms with van der Waals surface area (Å²) in [4.78, 5) is 19.0. The first kappa shape index (κ1) is 19.1. The fourth-order valence-electron chi connectivity index (χ4n) is 4.95. The predicted molar refractivity (Wildman–Crippen MR) is 109 cm³/mol. The molecule has 2 fully saturated rings. The summed E-state index contributed by atoms with van der Waals surface area (Å²) in [5, 5.41) is 13.2. The lowest BCUT2D eigenvalue weighted by Gasteiger charge is -2.56. The number of hydrogen-bond acceptors (Lipinski definition) is 4. The van der Waals surface area contributed by atoms with E-state index in [1.165, 1.54) is 31.2 Å². The van der Waals surface area contributed by atoms with Crippen LogP contribution in [0.25, 0.3) is 0 Å². The maximum absolute atomic E-state index is 12.5. The highest BCUT2D eigenvalue weighted by molar-refractivity contribution is 5.93. The first-order valence-corrected chi connectivity index (χ1v) is 10.4. The molecule has 1 aliphatic carbocycles. The van der Waals surface area contributed by atoms with Gasteiger partial charge in [-0.15, -0.1) is 0 Å². The zero-order chi connectivity index (χ0) is 19.3. The van der Waals surface area contributed by atoms with E-state index in [-0.39, 0.29) is 30.5 Å². The number of amides is 1. The van der Waals surface area contributed by atoms with Gasteiger partial charge in [-0.2, -0.15) is 0 Å². The smallest absolute Gasteiger partial charge is 0.252 e. The molecule has 28 heavy (non-hydrogen) atoms. The van der Waals surface area contributed by atoms with Crippen molar-refractivity contribution in [1.29, 1.82) is 0 Å². The van der Waals surface area contributed by atoms with Crippen molar-refractivity contribution >= 4 is 5.91 Å². The summed E-state index contributed by atoms with van der Waals surface area (Å²) >= 11 is 0. The number of likely N-dealkylation sites (tertiary alicyclic amines) is 1. The normalized spacial score (nSPS) is 25.4. The van der Waals surface area contributed by atoms with Crippen LogP contribution in [0.5, 0.6) is 0 Å². The highest BCUT2D eigenvalue weighted by Gasteiger charge is 2.49. The third-order valence-corrected chi connectivity index (χ3v) is 6.39. The van der Waals surface area contributed by atoms with Gasteiger partial charge in [-0.1, -0.05) is 43.2 Å². The summed E-state index contributed by atoms with van der Waals surface area (Å²) in [5.41, 5.74) is 1.82. The number of carbonyl (C=O) groups is 1. The number of aliphatic hydroxyl groups is 1. The number of aromatic nitrogens is 1. The molecule has 3 atom stereocenters. The van der Waals surface area contributed by atoms with Crippen LogP contribution >= 0.6 is 0 Å². The third kappa shape index (κ3) is 3.96. The zero-order valence-corrected chi connectivity index (χ0v) is 16.2. The van der Waals surface area contributed by atoms with E-state index in [2.05, 4.69) is 39.5 Å². The molecule has 2 aliphatic rings. The van der Waals surface area contributed by atoms with Crippen molar-refractivity contribution in [3.63, 3.8) is 0 Å². The van der Waals surface area contributed by atoms with Crippen molar-refractivity contribution in [2.75, 3.05) is 19.7 Å². The molecule has 0 unspecified atom stereocenters. The van der Waals surface area contributed by atoms with Crippen molar-refractivity contribution in [3.05, 3.63) is 66.0 Å². The van der Waals surface area contributed by atoms with Crippen molar-refractivity contribution in [3.8, 4) is 0 Å². The Morgan fingerprint density at radius 1 is 1.11 bits per heavy atom. The van der Waals surface area contributed by atoms with E-state index in [0.717, 1.165) is 6.54 Å². The molecule has 1 aromatic carbocycles. The molecule has 2 N–H and O–H groups in total. The van der Waals surface area contributed by atoms with E-state index < -0.39 is 0 Å². The van der Waals surface area contributed by atoms with E-state index in [1.54, 1.807) is 24.5 Å². The SMILES string of the molecule is O=C(NC[C@@H]1[C@H](c2ccccc2)[C@@H](CO)N1CC1CCCC1)c1cccnc1. The lowest BCUT2D eigenvalue weighted by molar-refractivity contribution is -0.0506. The van der Waals surface area contributed by atoms with Crippen molar-refractivity contribution in [2.24, 2.45) is 5.92 Å². The van der Waals surface area contributed by atoms with Gasteiger partial charge in [-0.25, -0.2) is 0 Å². The Morgan fingerprint density at radius 2 is 1.89 bits per heavy atom. The third-order valence-electron chi connectivity index (χ3n) is 6.39. The van der Waals surface area contributed by atoms with Gasteiger partial charge in [0, 0.05) is 43.5 Å². The molecular formula is C23H29N3O2. The fourth-order valence-corrected chi connectivity index (χ4v) is 4.95. The second kappa shape index (κ2) is 8.84. The Bertz CT molecular complexity index is 762. The number of hydrogen-bond donors (Lipinski definition) is 2. The van der Waals surface area contributed by atoms with Crippen LogP contribution in [0.2, 0.25) is 0 Å². The van der Waals surface area contributed by atoms with Crippen LogP contribution in [0, 0.1) is 5.92 Å². The maximum Gasteiger partial charge on any atom is 0.252 e. The average molecular weight is 380 g/mol. The van der Waals surface area contributed by atoms with Crippen molar-refractivity contribution < 1.29 is 9.90 Å². The Balaban J connectivity index is 1.49. The number of pyridine rings is 1. The molecule has 148 valence electrons. The first-order valence-electron chi connectivity index (χ1n) is 10.4. The molecule has 5 nitrogen and oxygen atoms in total. The van der Waals surface area contributed by atoms with E-state index in [9.17, 15) is 9.90 Å². The molecule has 2 aromatic rings. The van der Waals surface area contributed by atoms with Crippen LogP contribution in [-0.2, 0) is 0 Å². The lowest BCUT2D eigenvalue weighted by atomic mass is 9.74. The first-order chi connectivity index (χ1) is 13.8. The Hall–Kier alpha value is -2.24. The number of nitrogens with zero attached hydrogens (tertiary/aromatic N) is 2. The largest absolute Gasteiger partial charge is 0.395 e. The van der Waals surface area contributed by atoms with Gasteiger partial charge in [-0.05, 0) is 36.5 Å². The van der Waals surface area contributed by atoms with Gasteiger partial charge < -0.3 is 10.4 Å². The van der Waals surface area contributed by atoms with Crippen LogP contribution in [0.1, 0.15) is 47.5 Å². The molecule has 1 aromatic heterocycles. The van der Waals surface area contributed by atoms with Gasteiger partial charge in [0.25, 0.3) is 5.91 Å². The van der Waals surface area contributed by atoms with Crippen LogP contribution in [0.15, 0.2) is 54.9 Å². The highest BCUT2D eigenvalue weighted by atomic mass is 16.3. The van der Waals surface area contributed by atoms with Gasteiger partial charge in [0.15, 0.2) is 0 Å². The predicted octanol–water partition coefficient (Wildman–Crippen LogP) is 2.83. The molecule has 0 radical (unpaired) electrons. The number of carbonyl (C=O) groups excluding carboxylic acids is 1. The summed E-state index contributed by atoms with van der Waals surface area (Å²) in [6, 6.07) is 14.3. The summed E-state index contributed by atoms with van der Waals surface area (Å²) in [5.74, 6) is 0.859. The minimum Gasteiger partial charge on any atom is -0.395 e. The molecule has 0 bridgehead atoms. The molecule has 2 heterocycles. The molecule has 1 aliphatic heterocycles. The van der Waals surface area contributed by atoms with Gasteiger partial charge >= 0.3 is 0 Å². The van der Waals surface area contributed by atoms with Crippen LogP contribution < -0.4 is 5.32 Å². The van der Waals surface area contributed by atoms with Crippen LogP contribution in [0.3, 0.4) is 0 Å². The fraction of sp³-hybridized carbons (Fsp3) is 0.478. The van der Waals surface area contributed by atoms with Gasteiger partial charge in [0.05, 0.1) is 12.2 Å². The molecule has 0 spiro atoms. The van der Waals surface area contributed by atoms with Gasteiger partial charge in [0.1, 0.15) is 0 Å². The number of nitrogens with one attached hydrogen (secondary N) is 1. The second-order valence-electron chi connectivity index (χ2n) is 8.05. The Morgan fingerprint density at radius 3 is 2.57 bits per heavy atom. The lowest BCUT2D eigenvalue weighted by Crippen LogP contribution is -2.67. The van der Waals surface area contributed by atoms with Crippen molar-refractivity contribution in [2.45, 2.75) is 43.7 Å². The topological polar surface area (TPSA) is 65.5 Å². The second-order valence-corrected chi connectivity index (χ2v) is 8.05. The molecule has 5 heteroatoms. The summed E-state index contributed by atoms with van der Waals surface area (Å²) in [6.07, 6.45) is 8.44. The van der Waals surface area contributed by atoms with E-state index in [0.29, 0.717) is 18.0 Å². The summed E-state index contributed by atoms with van der Waals surface area (Å²) < 4.78 is 0. The minimum atomic E-state index is -0.0897. The Kier molecular flexibility index (Phi) is 6.03.